The highest BCUT2D eigenvalue weighted by Gasteiger charge is 2.54. The summed E-state index contributed by atoms with van der Waals surface area (Å²) in [5, 5.41) is 65.3. The second kappa shape index (κ2) is 14.5. The molecule has 8 rings (SSSR count). The topological polar surface area (TPSA) is 245 Å². The molecule has 6 atom stereocenters. The van der Waals surface area contributed by atoms with Gasteiger partial charge < -0.3 is 39.7 Å². The maximum Gasteiger partial charge on any atom is 0.284 e. The van der Waals surface area contributed by atoms with Crippen molar-refractivity contribution < 1.29 is 59.0 Å². The number of hydrogen-bond acceptors (Lipinski definition) is 13. The Balaban J connectivity index is 1.27. The van der Waals surface area contributed by atoms with Crippen LogP contribution in [-0.2, 0) is 16.0 Å². The van der Waals surface area contributed by atoms with Gasteiger partial charge in [-0.2, -0.15) is 4.99 Å². The molecule has 0 spiro atoms. The lowest BCUT2D eigenvalue weighted by atomic mass is 9.76. The monoisotopic (exact) mass is 754 g/mol. The van der Waals surface area contributed by atoms with Gasteiger partial charge >= 0.3 is 0 Å². The first-order valence-corrected chi connectivity index (χ1v) is 18.2. The quantitative estimate of drug-likeness (QED) is 0.110. The third kappa shape index (κ3) is 6.34. The molecule has 6 unspecified atom stereocenters. The van der Waals surface area contributed by atoms with Gasteiger partial charge in [-0.05, 0) is 25.0 Å². The molecule has 3 aromatic carbocycles. The Hall–Kier alpha value is -5.20. The zero-order valence-electron chi connectivity index (χ0n) is 29.5. The molecule has 0 aromatic heterocycles. The van der Waals surface area contributed by atoms with E-state index in [1.165, 1.54) is 12.1 Å². The van der Waals surface area contributed by atoms with Gasteiger partial charge in [0.15, 0.2) is 29.7 Å². The average Bonchev–Trinajstić information content (AvgIpc) is 3.61. The lowest BCUT2D eigenvalue weighted by Crippen LogP contribution is -3.09. The summed E-state index contributed by atoms with van der Waals surface area (Å²) in [5.74, 6) is -1.98. The number of amides is 1. The molecule has 16 heteroatoms. The molecule has 1 saturated carbocycles. The zero-order valence-corrected chi connectivity index (χ0v) is 29.5. The molecule has 8 N–H and O–H groups in total. The highest BCUT2D eigenvalue weighted by Crippen LogP contribution is 2.45. The van der Waals surface area contributed by atoms with Crippen molar-refractivity contribution in [2.75, 3.05) is 19.9 Å². The SMILES string of the molecule is N=C1N=C2C(=NC[NH+]2c2ccccc2Cc2cc3c(c(OCCO)c2OC2OC(C4(O)CCCCC4)C(O)C(O)C2O)C(=O)c2ccccc2C3=O)C(=O)N1. The molecule has 16 nitrogen and oxygen atoms in total. The number of carbonyl (C=O) groups is 3. The molecule has 3 aromatic rings. The molecule has 55 heavy (non-hydrogen) atoms. The molecule has 3 heterocycles. The molecule has 0 bridgehead atoms. The number of hydrogen-bond donors (Lipinski definition) is 8. The molecular weight excluding hydrogens is 714 g/mol. The Labute approximate surface area is 314 Å². The van der Waals surface area contributed by atoms with Crippen LogP contribution in [-0.4, -0.2) is 117 Å². The van der Waals surface area contributed by atoms with Crippen molar-refractivity contribution in [1.82, 2.24) is 5.32 Å². The van der Waals surface area contributed by atoms with E-state index in [2.05, 4.69) is 15.3 Å². The maximum atomic E-state index is 14.2. The first kappa shape index (κ1) is 36.8. The third-order valence-corrected chi connectivity index (χ3v) is 10.9. The summed E-state index contributed by atoms with van der Waals surface area (Å²) in [4.78, 5) is 50.2. The summed E-state index contributed by atoms with van der Waals surface area (Å²) in [6.45, 7) is -0.704. The molecule has 1 saturated heterocycles. The number of amidine groups is 1. The number of ketones is 2. The lowest BCUT2D eigenvalue weighted by Gasteiger charge is -2.48. The number of aliphatic hydroxyl groups excluding tert-OH is 4. The first-order valence-electron chi connectivity index (χ1n) is 18.2. The Kier molecular flexibility index (Phi) is 9.67. The fourth-order valence-electron chi connectivity index (χ4n) is 8.20. The smallest absolute Gasteiger partial charge is 0.284 e. The predicted molar refractivity (Wildman–Crippen MR) is 193 cm³/mol. The van der Waals surface area contributed by atoms with Crippen LogP contribution in [0.2, 0.25) is 0 Å². The number of benzene rings is 3. The van der Waals surface area contributed by atoms with Gasteiger partial charge in [-0.25, -0.2) is 9.89 Å². The van der Waals surface area contributed by atoms with Gasteiger partial charge in [0, 0.05) is 34.2 Å². The fourth-order valence-corrected chi connectivity index (χ4v) is 8.20. The van der Waals surface area contributed by atoms with E-state index in [4.69, 9.17) is 19.6 Å². The van der Waals surface area contributed by atoms with Gasteiger partial charge in [-0.15, -0.1) is 0 Å². The van der Waals surface area contributed by atoms with Crippen LogP contribution in [0.5, 0.6) is 11.5 Å². The van der Waals surface area contributed by atoms with E-state index in [0.29, 0.717) is 29.0 Å². The van der Waals surface area contributed by atoms with Gasteiger partial charge in [0.25, 0.3) is 11.7 Å². The van der Waals surface area contributed by atoms with Crippen LogP contribution in [0.15, 0.2) is 64.6 Å². The Bertz CT molecular complexity index is 2160. The minimum Gasteiger partial charge on any atom is -0.486 e. The van der Waals surface area contributed by atoms with Crippen LogP contribution in [0.1, 0.15) is 75.1 Å². The number of ether oxygens (including phenoxy) is 3. The van der Waals surface area contributed by atoms with Gasteiger partial charge in [0.05, 0.1) is 17.8 Å². The number of nitrogens with one attached hydrogen (secondary N) is 3. The number of nitrogens with zero attached hydrogens (tertiary/aromatic N) is 2. The normalized spacial score (nSPS) is 27.0. The lowest BCUT2D eigenvalue weighted by molar-refractivity contribution is -0.723. The highest BCUT2D eigenvalue weighted by molar-refractivity contribution is 6.68. The number of aliphatic imine (C=N–C) groups is 2. The zero-order chi connectivity index (χ0) is 38.6. The molecular formula is C39H40N5O11+. The summed E-state index contributed by atoms with van der Waals surface area (Å²) < 4.78 is 18.6. The summed E-state index contributed by atoms with van der Waals surface area (Å²) in [6, 6.07) is 15.0. The molecule has 1 amide bonds. The molecule has 3 aliphatic heterocycles. The fraction of sp³-hybridized carbons (Fsp3) is 0.385. The van der Waals surface area contributed by atoms with E-state index in [0.717, 1.165) is 6.42 Å². The summed E-state index contributed by atoms with van der Waals surface area (Å²) >= 11 is 0. The van der Waals surface area contributed by atoms with Crippen molar-refractivity contribution in [2.45, 2.75) is 74.8 Å². The average molecular weight is 755 g/mol. The standard InChI is InChI=1S/C39H39N5O11/c40-38-42-35-26(36(51)43-38)41-18-44(35)24-11-5-2-8-19(24)16-20-17-23-25(28(47)22-10-4-3-9-21(22)27(23)46)33(53-15-14-45)32(20)54-37-31(50)29(48)30(49)34(55-37)39(52)12-6-1-7-13-39/h2-5,8-11,17,29-31,34,37,45,48-50,52H,1,6-7,12-16,18H2,(H2,40,43,51)/p+1. The van der Waals surface area contributed by atoms with Crippen molar-refractivity contribution in [1.29, 1.82) is 5.41 Å². The minimum absolute atomic E-state index is 0.00545. The predicted octanol–water partition coefficient (Wildman–Crippen LogP) is -0.303. The molecule has 5 aliphatic rings. The minimum atomic E-state index is -1.84. The van der Waals surface area contributed by atoms with Crippen molar-refractivity contribution in [2.24, 2.45) is 9.98 Å². The Morgan fingerprint density at radius 1 is 0.891 bits per heavy atom. The largest absolute Gasteiger partial charge is 0.486 e. The van der Waals surface area contributed by atoms with Crippen LogP contribution in [0.4, 0.5) is 5.69 Å². The summed E-state index contributed by atoms with van der Waals surface area (Å²) in [7, 11) is 0. The molecule has 0 radical (unpaired) electrons. The summed E-state index contributed by atoms with van der Waals surface area (Å²) in [5.41, 5.74) is 0.284. The van der Waals surface area contributed by atoms with E-state index in [9.17, 15) is 39.9 Å². The second-order valence-corrected chi connectivity index (χ2v) is 14.3. The first-order chi connectivity index (χ1) is 26.5. The van der Waals surface area contributed by atoms with Crippen LogP contribution in [0, 0.1) is 5.41 Å². The maximum absolute atomic E-state index is 14.2. The van der Waals surface area contributed by atoms with Crippen LogP contribution in [0.3, 0.4) is 0 Å². The second-order valence-electron chi connectivity index (χ2n) is 14.3. The number of guanidine groups is 1. The van der Waals surface area contributed by atoms with Crippen molar-refractivity contribution in [3.63, 3.8) is 0 Å². The number of rotatable bonds is 9. The Morgan fingerprint density at radius 3 is 2.35 bits per heavy atom. The summed E-state index contributed by atoms with van der Waals surface area (Å²) in [6.07, 6.45) is -5.62. The molecule has 2 fully saturated rings. The molecule has 286 valence electrons. The van der Waals surface area contributed by atoms with Crippen molar-refractivity contribution >= 4 is 40.7 Å². The van der Waals surface area contributed by atoms with Crippen LogP contribution < -0.4 is 19.7 Å². The van der Waals surface area contributed by atoms with Gasteiger partial charge in [-0.1, -0.05) is 61.7 Å². The third-order valence-electron chi connectivity index (χ3n) is 10.9. The number of aliphatic hydroxyl groups is 5. The van der Waals surface area contributed by atoms with E-state index in [-0.39, 0.29) is 89.4 Å². The number of fused-ring (bicyclic) bond motifs is 3. The van der Waals surface area contributed by atoms with Crippen LogP contribution in [0.25, 0.3) is 0 Å². The van der Waals surface area contributed by atoms with E-state index >= 15 is 0 Å². The van der Waals surface area contributed by atoms with Crippen LogP contribution >= 0.6 is 0 Å². The van der Waals surface area contributed by atoms with E-state index in [1.54, 1.807) is 42.5 Å². The number of quaternary nitrogens is 1. The Morgan fingerprint density at radius 2 is 1.60 bits per heavy atom. The number of para-hydroxylation sites is 1. The van der Waals surface area contributed by atoms with E-state index < -0.39 is 60.4 Å². The van der Waals surface area contributed by atoms with E-state index in [1.807, 2.05) is 0 Å². The van der Waals surface area contributed by atoms with Gasteiger partial charge in [0.1, 0.15) is 36.7 Å². The van der Waals surface area contributed by atoms with Gasteiger partial charge in [0.2, 0.25) is 18.0 Å². The van der Waals surface area contributed by atoms with Crippen molar-refractivity contribution in [3.8, 4) is 11.5 Å². The number of carbonyl (C=O) groups excluding carboxylic acids is 3. The highest BCUT2D eigenvalue weighted by atomic mass is 16.7. The molecule has 2 aliphatic carbocycles. The van der Waals surface area contributed by atoms with Gasteiger partial charge in [-0.3, -0.25) is 25.1 Å². The van der Waals surface area contributed by atoms with Crippen molar-refractivity contribution in [3.05, 3.63) is 88.0 Å².